The molecule has 0 aliphatic carbocycles. The largest absolute Gasteiger partial charge is 0.493 e. The van der Waals surface area contributed by atoms with Crippen LogP contribution in [0.5, 0.6) is 17.2 Å². The van der Waals surface area contributed by atoms with Gasteiger partial charge in [-0.15, -0.1) is 0 Å². The highest BCUT2D eigenvalue weighted by Crippen LogP contribution is 2.31. The number of nitrogens with one attached hydrogen (secondary N) is 1. The maximum absolute atomic E-state index is 12.8. The summed E-state index contributed by atoms with van der Waals surface area (Å²) in [5.41, 5.74) is 8.89. The van der Waals surface area contributed by atoms with Gasteiger partial charge in [-0.1, -0.05) is 13.0 Å². The summed E-state index contributed by atoms with van der Waals surface area (Å²) >= 11 is 0. The van der Waals surface area contributed by atoms with E-state index >= 15 is 0 Å². The van der Waals surface area contributed by atoms with Gasteiger partial charge in [-0.25, -0.2) is 0 Å². The second-order valence-corrected chi connectivity index (χ2v) is 7.68. The molecular formula is C25H31N3O5. The Morgan fingerprint density at radius 2 is 1.97 bits per heavy atom. The van der Waals surface area contributed by atoms with Crippen LogP contribution in [0.3, 0.4) is 0 Å². The summed E-state index contributed by atoms with van der Waals surface area (Å²) < 4.78 is 17.0. The van der Waals surface area contributed by atoms with Crippen LogP contribution < -0.4 is 25.3 Å². The Bertz CT molecular complexity index is 1100. The first-order valence-electron chi connectivity index (χ1n) is 11.0. The second kappa shape index (κ2) is 11.4. The van der Waals surface area contributed by atoms with Crippen molar-refractivity contribution in [2.45, 2.75) is 32.7 Å². The number of aliphatic hydroxyl groups is 1. The third-order valence-electron chi connectivity index (χ3n) is 5.21. The van der Waals surface area contributed by atoms with Crippen LogP contribution in [0.1, 0.15) is 35.8 Å². The Hall–Kier alpha value is -3.52. The normalized spacial score (nSPS) is 11.8. The molecule has 0 aliphatic heterocycles. The van der Waals surface area contributed by atoms with Gasteiger partial charge in [0.05, 0.1) is 30.7 Å². The third-order valence-corrected chi connectivity index (χ3v) is 5.21. The number of pyridine rings is 1. The number of hydrogen-bond donors (Lipinski definition) is 3. The number of anilines is 1. The zero-order valence-electron chi connectivity index (χ0n) is 19.3. The number of amides is 1. The number of carbonyl (C=O) groups excluding carboxylic acids is 1. The van der Waals surface area contributed by atoms with E-state index in [2.05, 4.69) is 10.3 Å². The molecule has 0 spiro atoms. The van der Waals surface area contributed by atoms with Crippen molar-refractivity contribution in [1.29, 1.82) is 0 Å². The molecule has 1 unspecified atom stereocenters. The Balaban J connectivity index is 1.68. The number of benzene rings is 2. The topological polar surface area (TPSA) is 116 Å². The fraction of sp³-hybridized carbons (Fsp3) is 0.360. The van der Waals surface area contributed by atoms with Crippen LogP contribution >= 0.6 is 0 Å². The van der Waals surface area contributed by atoms with Gasteiger partial charge in [0.2, 0.25) is 0 Å². The molecule has 0 aliphatic rings. The molecule has 33 heavy (non-hydrogen) atoms. The van der Waals surface area contributed by atoms with Gasteiger partial charge >= 0.3 is 0 Å². The molecule has 176 valence electrons. The number of nitrogens with two attached hydrogens (primary N) is 1. The smallest absolute Gasteiger partial charge is 0.251 e. The predicted molar refractivity (Wildman–Crippen MR) is 128 cm³/mol. The molecule has 3 aromatic rings. The molecule has 2 aromatic carbocycles. The summed E-state index contributed by atoms with van der Waals surface area (Å²) in [5, 5.41) is 12.7. The van der Waals surface area contributed by atoms with E-state index < -0.39 is 0 Å². The third kappa shape index (κ3) is 6.04. The average Bonchev–Trinajstić information content (AvgIpc) is 2.81. The first-order valence-corrected chi connectivity index (χ1v) is 11.0. The van der Waals surface area contributed by atoms with Crippen molar-refractivity contribution in [3.63, 3.8) is 0 Å². The molecule has 0 radical (unpaired) electrons. The Kier molecular flexibility index (Phi) is 8.32. The first kappa shape index (κ1) is 24.1. The number of nitrogen functional groups attached to an aromatic ring is 1. The van der Waals surface area contributed by atoms with Crippen molar-refractivity contribution in [2.75, 3.05) is 32.7 Å². The molecule has 0 bridgehead atoms. The number of fused-ring (bicyclic) bond motifs is 1. The lowest BCUT2D eigenvalue weighted by Crippen LogP contribution is -2.38. The number of methoxy groups -OCH3 is 1. The minimum Gasteiger partial charge on any atom is -0.493 e. The van der Waals surface area contributed by atoms with Gasteiger partial charge in [-0.3, -0.25) is 9.78 Å². The van der Waals surface area contributed by atoms with E-state index in [-0.39, 0.29) is 25.2 Å². The summed E-state index contributed by atoms with van der Waals surface area (Å²) in [7, 11) is 1.52. The lowest BCUT2D eigenvalue weighted by atomic mass is 10.1. The molecule has 8 nitrogen and oxygen atoms in total. The van der Waals surface area contributed by atoms with Crippen LogP contribution in [0.15, 0.2) is 42.5 Å². The molecule has 4 N–H and O–H groups in total. The molecule has 1 heterocycles. The quantitative estimate of drug-likeness (QED) is 0.381. The van der Waals surface area contributed by atoms with E-state index in [4.69, 9.17) is 25.1 Å². The molecule has 0 saturated carbocycles. The molecule has 0 fully saturated rings. The van der Waals surface area contributed by atoms with Crippen molar-refractivity contribution < 1.29 is 24.1 Å². The molecular weight excluding hydrogens is 422 g/mol. The average molecular weight is 454 g/mol. The zero-order chi connectivity index (χ0) is 23.8. The van der Waals surface area contributed by atoms with Crippen molar-refractivity contribution >= 4 is 22.5 Å². The van der Waals surface area contributed by atoms with E-state index in [9.17, 15) is 4.79 Å². The number of aliphatic hydroxyl groups excluding tert-OH is 1. The fourth-order valence-electron chi connectivity index (χ4n) is 3.44. The number of rotatable bonds is 11. The fourth-order valence-corrected chi connectivity index (χ4v) is 3.44. The minimum absolute atomic E-state index is 0.0464. The van der Waals surface area contributed by atoms with Crippen LogP contribution in [0.2, 0.25) is 0 Å². The van der Waals surface area contributed by atoms with Gasteiger partial charge in [-0.05, 0) is 49.7 Å². The highest BCUT2D eigenvalue weighted by Gasteiger charge is 2.17. The maximum atomic E-state index is 12.8. The molecule has 3 rings (SSSR count). The lowest BCUT2D eigenvalue weighted by molar-refractivity contribution is 0.0920. The summed E-state index contributed by atoms with van der Waals surface area (Å²) in [6.07, 6.45) is 1.20. The van der Waals surface area contributed by atoms with Gasteiger partial charge in [0.15, 0.2) is 11.5 Å². The Morgan fingerprint density at radius 1 is 1.15 bits per heavy atom. The summed E-state index contributed by atoms with van der Waals surface area (Å²) in [6, 6.07) is 12.2. The van der Waals surface area contributed by atoms with Crippen molar-refractivity contribution in [2.24, 2.45) is 0 Å². The highest BCUT2D eigenvalue weighted by molar-refractivity contribution is 5.96. The van der Waals surface area contributed by atoms with E-state index in [0.29, 0.717) is 47.9 Å². The number of nitrogens with zero attached hydrogens (tertiary/aromatic N) is 1. The van der Waals surface area contributed by atoms with E-state index in [1.165, 1.54) is 7.11 Å². The molecule has 8 heteroatoms. The second-order valence-electron chi connectivity index (χ2n) is 7.68. The van der Waals surface area contributed by atoms with Gasteiger partial charge in [0.25, 0.3) is 5.91 Å². The summed E-state index contributed by atoms with van der Waals surface area (Å²) in [6.45, 7) is 4.57. The minimum atomic E-state index is -0.236. The van der Waals surface area contributed by atoms with Crippen LogP contribution in [0.4, 0.5) is 5.69 Å². The number of ether oxygens (including phenoxy) is 3. The standard InChI is InChI=1S/C25H31N3O5/c1-4-18(15-33-22-8-5-7-20-24(22)19(26)13-16(2)27-20)28-25(30)17-9-10-21(23(14-17)31-3)32-12-6-11-29/h5,7-10,13-14,18,29H,4,6,11-12,15H2,1-3H3,(H2,26,27)(H,28,30). The maximum Gasteiger partial charge on any atom is 0.251 e. The van der Waals surface area contributed by atoms with Crippen LogP contribution in [0, 0.1) is 6.92 Å². The molecule has 0 saturated heterocycles. The highest BCUT2D eigenvalue weighted by atomic mass is 16.5. The Morgan fingerprint density at radius 3 is 2.70 bits per heavy atom. The lowest BCUT2D eigenvalue weighted by Gasteiger charge is -2.19. The number of hydrogen-bond acceptors (Lipinski definition) is 7. The summed E-state index contributed by atoms with van der Waals surface area (Å²) in [5.74, 6) is 1.38. The Labute approximate surface area is 193 Å². The molecule has 1 atom stereocenters. The van der Waals surface area contributed by atoms with E-state index in [0.717, 1.165) is 16.6 Å². The van der Waals surface area contributed by atoms with Crippen molar-refractivity contribution in [3.05, 3.63) is 53.7 Å². The molecule has 1 amide bonds. The zero-order valence-corrected chi connectivity index (χ0v) is 19.3. The number of aromatic nitrogens is 1. The van der Waals surface area contributed by atoms with Gasteiger partial charge in [0, 0.05) is 30.0 Å². The number of carbonyl (C=O) groups is 1. The monoisotopic (exact) mass is 453 g/mol. The van der Waals surface area contributed by atoms with Crippen LogP contribution in [-0.4, -0.2) is 49.0 Å². The van der Waals surface area contributed by atoms with E-state index in [1.54, 1.807) is 18.2 Å². The van der Waals surface area contributed by atoms with E-state index in [1.807, 2.05) is 38.1 Å². The van der Waals surface area contributed by atoms with Gasteiger partial charge in [0.1, 0.15) is 12.4 Å². The molecule has 1 aromatic heterocycles. The van der Waals surface area contributed by atoms with Gasteiger partial charge in [-0.2, -0.15) is 0 Å². The number of aryl methyl sites for hydroxylation is 1. The van der Waals surface area contributed by atoms with Crippen molar-refractivity contribution in [3.8, 4) is 17.2 Å². The van der Waals surface area contributed by atoms with Crippen molar-refractivity contribution in [1.82, 2.24) is 10.3 Å². The van der Waals surface area contributed by atoms with Crippen LogP contribution in [0.25, 0.3) is 10.9 Å². The van der Waals surface area contributed by atoms with Crippen LogP contribution in [-0.2, 0) is 0 Å². The first-order chi connectivity index (χ1) is 16.0. The predicted octanol–water partition coefficient (Wildman–Crippen LogP) is 3.48. The summed E-state index contributed by atoms with van der Waals surface area (Å²) in [4.78, 5) is 17.4. The van der Waals surface area contributed by atoms with Gasteiger partial charge < -0.3 is 30.4 Å². The SMILES string of the molecule is CCC(COc1cccc2nc(C)cc(N)c12)NC(=O)c1ccc(OCCCO)c(OC)c1.